The van der Waals surface area contributed by atoms with Crippen molar-refractivity contribution in [3.05, 3.63) is 5.82 Å². The van der Waals surface area contributed by atoms with Gasteiger partial charge in [-0.1, -0.05) is 20.3 Å². The fraction of sp³-hybridized carbons (Fsp3) is 0.769. The molecular weight excluding hydrogens is 262 g/mol. The Morgan fingerprint density at radius 1 is 1.42 bits per heavy atom. The highest BCUT2D eigenvalue weighted by atomic mass is 32.1. The van der Waals surface area contributed by atoms with E-state index in [1.165, 1.54) is 11.5 Å². The largest absolute Gasteiger partial charge is 0.481 e. The molecule has 1 aromatic rings. The lowest BCUT2D eigenvalue weighted by Gasteiger charge is -2.38. The molecule has 0 radical (unpaired) electrons. The molecule has 1 aliphatic heterocycles. The first-order valence-electron chi connectivity index (χ1n) is 6.92. The number of carboxylic acids is 1. The lowest BCUT2D eigenvalue weighted by Crippen LogP contribution is -2.44. The van der Waals surface area contributed by atoms with Crippen LogP contribution in [0.3, 0.4) is 0 Å². The molecule has 0 amide bonds. The summed E-state index contributed by atoms with van der Waals surface area (Å²) in [4.78, 5) is 18.2. The minimum atomic E-state index is -0.638. The maximum atomic E-state index is 11.5. The van der Waals surface area contributed by atoms with Crippen molar-refractivity contribution >= 4 is 22.6 Å². The number of hydrogen-bond acceptors (Lipinski definition) is 5. The molecule has 2 heterocycles. The molecule has 0 bridgehead atoms. The number of nitrogens with zero attached hydrogens (tertiary/aromatic N) is 3. The van der Waals surface area contributed by atoms with Gasteiger partial charge >= 0.3 is 5.97 Å². The van der Waals surface area contributed by atoms with Gasteiger partial charge < -0.3 is 10.0 Å². The first-order valence-corrected chi connectivity index (χ1v) is 7.69. The number of hydrogen-bond donors (Lipinski definition) is 1. The third-order valence-corrected chi connectivity index (χ3v) is 4.76. The van der Waals surface area contributed by atoms with E-state index < -0.39 is 11.4 Å². The molecule has 1 N–H and O–H groups in total. The van der Waals surface area contributed by atoms with Crippen LogP contribution >= 0.6 is 11.5 Å². The fourth-order valence-corrected chi connectivity index (χ4v) is 3.49. The molecule has 1 aliphatic rings. The molecule has 0 aliphatic carbocycles. The van der Waals surface area contributed by atoms with Crippen molar-refractivity contribution in [2.75, 3.05) is 18.0 Å². The van der Waals surface area contributed by atoms with Crippen LogP contribution in [0.25, 0.3) is 0 Å². The Morgan fingerprint density at radius 2 is 2.11 bits per heavy atom. The molecule has 2 rings (SSSR count). The number of carbonyl (C=O) groups is 1. The van der Waals surface area contributed by atoms with Gasteiger partial charge in [0.25, 0.3) is 0 Å². The highest BCUT2D eigenvalue weighted by molar-refractivity contribution is 7.09. The van der Waals surface area contributed by atoms with E-state index in [2.05, 4.69) is 21.2 Å². The van der Waals surface area contributed by atoms with Crippen LogP contribution in [0.1, 0.15) is 45.4 Å². The number of carboxylic acid groups (broad SMARTS) is 1. The number of anilines is 1. The first kappa shape index (κ1) is 14.2. The zero-order valence-corrected chi connectivity index (χ0v) is 12.4. The summed E-state index contributed by atoms with van der Waals surface area (Å²) >= 11 is 1.42. The maximum absolute atomic E-state index is 11.5. The number of aromatic nitrogens is 2. The van der Waals surface area contributed by atoms with Gasteiger partial charge in [0, 0.05) is 31.0 Å². The Kier molecular flexibility index (Phi) is 4.39. The maximum Gasteiger partial charge on any atom is 0.309 e. The zero-order valence-electron chi connectivity index (χ0n) is 11.6. The van der Waals surface area contributed by atoms with E-state index >= 15 is 0 Å². The van der Waals surface area contributed by atoms with Crippen molar-refractivity contribution in [3.63, 3.8) is 0 Å². The van der Waals surface area contributed by atoms with E-state index in [4.69, 9.17) is 0 Å². The fourth-order valence-electron chi connectivity index (χ4n) is 2.69. The number of aryl methyl sites for hydroxylation is 1. The van der Waals surface area contributed by atoms with Gasteiger partial charge in [0.15, 0.2) is 0 Å². The number of aliphatic carboxylic acids is 1. The quantitative estimate of drug-likeness (QED) is 0.899. The number of rotatable bonds is 5. The van der Waals surface area contributed by atoms with E-state index in [1.807, 2.05) is 6.92 Å². The topological polar surface area (TPSA) is 66.3 Å². The van der Waals surface area contributed by atoms with Crippen LogP contribution in [0.2, 0.25) is 0 Å². The van der Waals surface area contributed by atoms with Crippen molar-refractivity contribution < 1.29 is 9.90 Å². The Morgan fingerprint density at radius 3 is 2.58 bits per heavy atom. The van der Waals surface area contributed by atoms with Gasteiger partial charge in [0.2, 0.25) is 5.13 Å². The van der Waals surface area contributed by atoms with Gasteiger partial charge in [-0.05, 0) is 19.3 Å². The second-order valence-electron chi connectivity index (χ2n) is 5.17. The second kappa shape index (κ2) is 5.86. The van der Waals surface area contributed by atoms with Crippen molar-refractivity contribution in [3.8, 4) is 0 Å². The van der Waals surface area contributed by atoms with Crippen LogP contribution in [0.4, 0.5) is 5.13 Å². The molecule has 1 aromatic heterocycles. The minimum absolute atomic E-state index is 0.524. The van der Waals surface area contributed by atoms with Crippen molar-refractivity contribution in [2.24, 2.45) is 5.41 Å². The summed E-state index contributed by atoms with van der Waals surface area (Å²) in [5.74, 6) is 0.240. The first-order chi connectivity index (χ1) is 9.11. The van der Waals surface area contributed by atoms with Gasteiger partial charge in [0.1, 0.15) is 5.82 Å². The molecule has 0 saturated carbocycles. The summed E-state index contributed by atoms with van der Waals surface area (Å²) in [6.45, 7) is 5.63. The molecule has 5 nitrogen and oxygen atoms in total. The Bertz CT molecular complexity index is 439. The monoisotopic (exact) mass is 283 g/mol. The Balaban J connectivity index is 2.03. The van der Waals surface area contributed by atoms with Crippen molar-refractivity contribution in [1.82, 2.24) is 9.36 Å². The van der Waals surface area contributed by atoms with Crippen molar-refractivity contribution in [2.45, 2.75) is 46.0 Å². The lowest BCUT2D eigenvalue weighted by atomic mass is 9.75. The zero-order chi connectivity index (χ0) is 13.9. The smallest absolute Gasteiger partial charge is 0.309 e. The Labute approximate surface area is 117 Å². The lowest BCUT2D eigenvalue weighted by molar-refractivity contribution is -0.150. The average molecular weight is 283 g/mol. The van der Waals surface area contributed by atoms with Crippen LogP contribution < -0.4 is 4.90 Å². The molecular formula is C13H21N3O2S. The molecule has 106 valence electrons. The second-order valence-corrected chi connectivity index (χ2v) is 5.90. The molecule has 0 unspecified atom stereocenters. The van der Waals surface area contributed by atoms with E-state index in [0.717, 1.165) is 43.3 Å². The van der Waals surface area contributed by atoms with Crippen molar-refractivity contribution in [1.29, 1.82) is 0 Å². The number of piperidine rings is 1. The molecule has 0 aromatic carbocycles. The van der Waals surface area contributed by atoms with E-state index in [0.29, 0.717) is 12.8 Å². The van der Waals surface area contributed by atoms with Crippen LogP contribution in [0.5, 0.6) is 0 Å². The van der Waals surface area contributed by atoms with Gasteiger partial charge in [-0.25, -0.2) is 4.98 Å². The van der Waals surface area contributed by atoms with E-state index in [1.54, 1.807) is 0 Å². The summed E-state index contributed by atoms with van der Waals surface area (Å²) < 4.78 is 4.29. The van der Waals surface area contributed by atoms with Crippen LogP contribution in [-0.4, -0.2) is 33.5 Å². The molecule has 0 spiro atoms. The van der Waals surface area contributed by atoms with Crippen LogP contribution in [0.15, 0.2) is 0 Å². The van der Waals surface area contributed by atoms with E-state index in [9.17, 15) is 9.90 Å². The summed E-state index contributed by atoms with van der Waals surface area (Å²) in [5.41, 5.74) is -0.524. The predicted octanol–water partition coefficient (Wildman–Crippen LogP) is 2.57. The third-order valence-electron chi connectivity index (χ3n) is 3.95. The summed E-state index contributed by atoms with van der Waals surface area (Å²) in [6, 6.07) is 0. The standard InChI is InChI=1S/C13H21N3O2S/c1-3-5-13(11(17)18)6-8-16(9-7-13)12-14-10(4-2)15-19-12/h3-9H2,1-2H3,(H,17,18). The van der Waals surface area contributed by atoms with Gasteiger partial charge in [0.05, 0.1) is 5.41 Å². The van der Waals surface area contributed by atoms with Gasteiger partial charge in [-0.3, -0.25) is 4.79 Å². The highest BCUT2D eigenvalue weighted by Gasteiger charge is 2.41. The third kappa shape index (κ3) is 2.88. The SMILES string of the molecule is CCCC1(C(=O)O)CCN(c2nc(CC)ns2)CC1. The molecule has 0 atom stereocenters. The summed E-state index contributed by atoms with van der Waals surface area (Å²) in [6.07, 6.45) is 3.95. The molecule has 6 heteroatoms. The van der Waals surface area contributed by atoms with Crippen LogP contribution in [0, 0.1) is 5.41 Å². The molecule has 1 fully saturated rings. The van der Waals surface area contributed by atoms with Crippen LogP contribution in [-0.2, 0) is 11.2 Å². The molecule has 1 saturated heterocycles. The van der Waals surface area contributed by atoms with E-state index in [-0.39, 0.29) is 0 Å². The average Bonchev–Trinajstić information content (AvgIpc) is 2.88. The Hall–Kier alpha value is -1.17. The minimum Gasteiger partial charge on any atom is -0.481 e. The van der Waals surface area contributed by atoms with Gasteiger partial charge in [-0.2, -0.15) is 4.37 Å². The normalized spacial score (nSPS) is 18.5. The highest BCUT2D eigenvalue weighted by Crippen LogP contribution is 2.38. The predicted molar refractivity (Wildman–Crippen MR) is 75.7 cm³/mol. The summed E-state index contributed by atoms with van der Waals surface area (Å²) in [5, 5.41) is 10.4. The summed E-state index contributed by atoms with van der Waals surface area (Å²) in [7, 11) is 0. The van der Waals surface area contributed by atoms with Gasteiger partial charge in [-0.15, -0.1) is 0 Å². The molecule has 19 heavy (non-hydrogen) atoms.